The Morgan fingerprint density at radius 3 is 2.58 bits per heavy atom. The van der Waals surface area contributed by atoms with Crippen molar-refractivity contribution in [2.24, 2.45) is 7.05 Å². The van der Waals surface area contributed by atoms with Gasteiger partial charge in [0, 0.05) is 18.1 Å². The van der Waals surface area contributed by atoms with Crippen molar-refractivity contribution in [1.82, 2.24) is 19.9 Å². The maximum Gasteiger partial charge on any atom is 0.286 e. The Labute approximate surface area is 200 Å². The van der Waals surface area contributed by atoms with Gasteiger partial charge in [-0.25, -0.2) is 9.97 Å². The van der Waals surface area contributed by atoms with Crippen LogP contribution < -0.4 is 10.1 Å². The molecule has 0 spiro atoms. The third kappa shape index (κ3) is 6.15. The predicted molar refractivity (Wildman–Crippen MR) is 131 cm³/mol. The molecular formula is C24H22N4O3S2. The molecule has 1 N–H and O–H groups in total. The van der Waals surface area contributed by atoms with Gasteiger partial charge in [0.1, 0.15) is 23.2 Å². The monoisotopic (exact) mass is 478 g/mol. The van der Waals surface area contributed by atoms with Gasteiger partial charge in [-0.2, -0.15) is 0 Å². The minimum absolute atomic E-state index is 0.185. The number of imidazole rings is 1. The van der Waals surface area contributed by atoms with Gasteiger partial charge < -0.3 is 9.30 Å². The van der Waals surface area contributed by atoms with E-state index in [2.05, 4.69) is 40.0 Å². The largest absolute Gasteiger partial charge is 0.486 e. The van der Waals surface area contributed by atoms with Gasteiger partial charge in [0.05, 0.1) is 16.8 Å². The Morgan fingerprint density at radius 1 is 1.12 bits per heavy atom. The summed E-state index contributed by atoms with van der Waals surface area (Å²) in [6, 6.07) is 20.3. The zero-order valence-corrected chi connectivity index (χ0v) is 19.8. The molecular weight excluding hydrogens is 456 g/mol. The van der Waals surface area contributed by atoms with Crippen LogP contribution in [0, 0.1) is 6.92 Å². The molecule has 2 amide bonds. The highest BCUT2D eigenvalue weighted by Crippen LogP contribution is 2.29. The highest BCUT2D eigenvalue weighted by molar-refractivity contribution is 8.14. The van der Waals surface area contributed by atoms with E-state index in [1.807, 2.05) is 55.7 Å². The lowest BCUT2D eigenvalue weighted by molar-refractivity contribution is -0.117. The molecule has 1 fully saturated rings. The van der Waals surface area contributed by atoms with Gasteiger partial charge in [0.25, 0.3) is 5.24 Å². The van der Waals surface area contributed by atoms with Gasteiger partial charge in [0.15, 0.2) is 0 Å². The number of imide groups is 1. The van der Waals surface area contributed by atoms with Crippen LogP contribution in [0.4, 0.5) is 4.79 Å². The van der Waals surface area contributed by atoms with Crippen molar-refractivity contribution >= 4 is 45.7 Å². The maximum atomic E-state index is 10.1. The van der Waals surface area contributed by atoms with Crippen molar-refractivity contribution in [2.45, 2.75) is 23.5 Å². The molecule has 2 aromatic carbocycles. The summed E-state index contributed by atoms with van der Waals surface area (Å²) in [7, 11) is 2.03. The van der Waals surface area contributed by atoms with Crippen LogP contribution in [-0.4, -0.2) is 31.4 Å². The molecule has 1 aliphatic rings. The van der Waals surface area contributed by atoms with Crippen LogP contribution in [0.15, 0.2) is 76.8 Å². The highest BCUT2D eigenvalue weighted by atomic mass is 32.2. The van der Waals surface area contributed by atoms with E-state index in [9.17, 15) is 9.59 Å². The van der Waals surface area contributed by atoms with Crippen molar-refractivity contribution in [3.63, 3.8) is 0 Å². The van der Waals surface area contributed by atoms with Crippen LogP contribution in [0.5, 0.6) is 5.75 Å². The Morgan fingerprint density at radius 2 is 1.94 bits per heavy atom. The summed E-state index contributed by atoms with van der Waals surface area (Å²) in [6.07, 6.45) is 1.81. The van der Waals surface area contributed by atoms with E-state index in [1.54, 1.807) is 11.8 Å². The topological polar surface area (TPSA) is 86.1 Å². The Kier molecular flexibility index (Phi) is 7.31. The first-order chi connectivity index (χ1) is 16.0. The summed E-state index contributed by atoms with van der Waals surface area (Å²) in [6.45, 7) is 2.51. The number of hydrogen-bond acceptors (Lipinski definition) is 7. The van der Waals surface area contributed by atoms with Crippen LogP contribution >= 0.6 is 23.5 Å². The molecule has 0 unspecified atom stereocenters. The van der Waals surface area contributed by atoms with E-state index in [0.717, 1.165) is 44.3 Å². The Balaban J connectivity index is 0.000000318. The smallest absolute Gasteiger partial charge is 0.286 e. The number of aryl methyl sites for hydroxylation is 2. The van der Waals surface area contributed by atoms with Gasteiger partial charge >= 0.3 is 0 Å². The van der Waals surface area contributed by atoms with E-state index in [4.69, 9.17) is 9.72 Å². The second-order valence-corrected chi connectivity index (χ2v) is 9.28. The number of nitrogens with one attached hydrogen (secondary N) is 1. The molecule has 0 aliphatic carbocycles. The number of thioether (sulfide) groups is 1. The Hall–Kier alpha value is -3.30. The minimum atomic E-state index is -0.231. The number of carbonyl (C=O) groups is 2. The second-order valence-electron chi connectivity index (χ2n) is 7.23. The highest BCUT2D eigenvalue weighted by Gasteiger charge is 2.16. The molecule has 1 aliphatic heterocycles. The normalized spacial score (nSPS) is 12.9. The van der Waals surface area contributed by atoms with Crippen molar-refractivity contribution in [2.75, 3.05) is 5.75 Å². The molecule has 0 saturated carbocycles. The molecule has 0 atom stereocenters. The second kappa shape index (κ2) is 10.5. The molecule has 5 rings (SSSR count). The summed E-state index contributed by atoms with van der Waals surface area (Å²) < 4.78 is 7.97. The number of benzene rings is 2. The molecule has 33 heavy (non-hydrogen) atoms. The van der Waals surface area contributed by atoms with Gasteiger partial charge in [-0.15, -0.1) is 0 Å². The summed E-state index contributed by atoms with van der Waals surface area (Å²) >= 11 is 2.65. The molecule has 0 bridgehead atoms. The Bertz CT molecular complexity index is 1260. The zero-order chi connectivity index (χ0) is 23.2. The fraction of sp³-hybridized carbons (Fsp3) is 0.167. The third-order valence-corrected chi connectivity index (χ3v) is 6.48. The summed E-state index contributed by atoms with van der Waals surface area (Å²) in [5.41, 5.74) is 3.28. The minimum Gasteiger partial charge on any atom is -0.486 e. The first-order valence-corrected chi connectivity index (χ1v) is 12.0. The van der Waals surface area contributed by atoms with E-state index in [1.165, 1.54) is 5.56 Å². The number of amides is 2. The van der Waals surface area contributed by atoms with Crippen LogP contribution in [0.1, 0.15) is 11.4 Å². The van der Waals surface area contributed by atoms with Crippen LogP contribution in [0.2, 0.25) is 0 Å². The number of pyridine rings is 1. The number of aromatic nitrogens is 3. The van der Waals surface area contributed by atoms with Crippen LogP contribution in [0.3, 0.4) is 0 Å². The van der Waals surface area contributed by atoms with E-state index >= 15 is 0 Å². The standard InChI is InChI=1S/C21H19N3OS.C3H3NO2S/c1-15-6-8-16(9-7-15)25-14-20-23-18-11-10-17(13-19(18)24(20)2)26-21-5-3-4-12-22-21;5-2-1-7-3(6)4-2/h3-13H,14H2,1-2H3;1H2,(H,4,5,6). The lowest BCUT2D eigenvalue weighted by atomic mass is 10.2. The molecule has 168 valence electrons. The van der Waals surface area contributed by atoms with Crippen LogP contribution in [-0.2, 0) is 18.4 Å². The third-order valence-electron chi connectivity index (χ3n) is 4.77. The number of ether oxygens (including phenoxy) is 1. The van der Waals surface area contributed by atoms with Crippen molar-refractivity contribution < 1.29 is 14.3 Å². The number of rotatable bonds is 5. The number of fused-ring (bicyclic) bond motifs is 1. The van der Waals surface area contributed by atoms with Crippen LogP contribution in [0.25, 0.3) is 11.0 Å². The van der Waals surface area contributed by atoms with E-state index in [-0.39, 0.29) is 11.1 Å². The van der Waals surface area contributed by atoms with Crippen molar-refractivity contribution in [3.8, 4) is 5.75 Å². The fourth-order valence-corrected chi connectivity index (χ4v) is 4.37. The predicted octanol–water partition coefficient (Wildman–Crippen LogP) is 4.98. The average Bonchev–Trinajstić information content (AvgIpc) is 3.35. The van der Waals surface area contributed by atoms with E-state index < -0.39 is 0 Å². The first kappa shape index (κ1) is 22.9. The summed E-state index contributed by atoms with van der Waals surface area (Å²) in [4.78, 5) is 30.4. The number of carbonyl (C=O) groups excluding carboxylic acids is 2. The van der Waals surface area contributed by atoms with Crippen molar-refractivity contribution in [3.05, 3.63) is 78.2 Å². The number of hydrogen-bond donors (Lipinski definition) is 1. The first-order valence-electron chi connectivity index (χ1n) is 10.2. The lowest BCUT2D eigenvalue weighted by Gasteiger charge is -2.07. The number of nitrogens with zero attached hydrogens (tertiary/aromatic N) is 3. The van der Waals surface area contributed by atoms with Gasteiger partial charge in [-0.1, -0.05) is 47.3 Å². The fourth-order valence-electron chi connectivity index (χ4n) is 3.04. The quantitative estimate of drug-likeness (QED) is 0.433. The average molecular weight is 479 g/mol. The van der Waals surface area contributed by atoms with Gasteiger partial charge in [-0.05, 0) is 49.4 Å². The lowest BCUT2D eigenvalue weighted by Crippen LogP contribution is -2.18. The SMILES string of the molecule is Cc1ccc(OCc2nc3ccc(Sc4ccccn4)cc3n2C)cc1.O=C1CSC(=O)N1. The zero-order valence-electron chi connectivity index (χ0n) is 18.1. The molecule has 3 heterocycles. The molecule has 9 heteroatoms. The molecule has 0 radical (unpaired) electrons. The molecule has 1 saturated heterocycles. The molecule has 4 aromatic rings. The molecule has 7 nitrogen and oxygen atoms in total. The maximum absolute atomic E-state index is 10.1. The summed E-state index contributed by atoms with van der Waals surface area (Å²) in [5, 5.41) is 2.85. The van der Waals surface area contributed by atoms with E-state index in [0.29, 0.717) is 12.4 Å². The van der Waals surface area contributed by atoms with Gasteiger partial charge in [0.2, 0.25) is 5.91 Å². The summed E-state index contributed by atoms with van der Waals surface area (Å²) in [5.74, 6) is 1.86. The van der Waals surface area contributed by atoms with Crippen molar-refractivity contribution in [1.29, 1.82) is 0 Å². The molecule has 2 aromatic heterocycles. The van der Waals surface area contributed by atoms with Gasteiger partial charge in [-0.3, -0.25) is 14.9 Å².